The van der Waals surface area contributed by atoms with Crippen LogP contribution in [0.1, 0.15) is 97.6 Å². The standard InChI is InChI=1S/C43H52ClN2.HI/c1-7-27-43(28-14-9-15-29-43)31-46-37-22-13-11-20-35(37)42(5,6)39(46)26-24-33-18-16-17-32(40(33)44)23-25-38-41(3,4)34-19-10-12-21-36(34)45(38)30-8-2;/h9-15,19-26,28H,7-8,16-18,27,29-31H2,1-6H3;1H/q+1;/p-1. The third-order valence-electron chi connectivity index (χ3n) is 10.8. The molecule has 1 unspecified atom stereocenters. The van der Waals surface area contributed by atoms with Crippen molar-refractivity contribution in [3.63, 3.8) is 0 Å². The fourth-order valence-electron chi connectivity index (χ4n) is 8.39. The largest absolute Gasteiger partial charge is 1.00 e. The molecule has 2 aliphatic heterocycles. The van der Waals surface area contributed by atoms with Gasteiger partial charge in [-0.15, -0.1) is 0 Å². The van der Waals surface area contributed by atoms with Crippen LogP contribution in [0.2, 0.25) is 0 Å². The van der Waals surface area contributed by atoms with Crippen LogP contribution in [0, 0.1) is 5.41 Å². The van der Waals surface area contributed by atoms with E-state index in [0.717, 1.165) is 50.2 Å². The van der Waals surface area contributed by atoms with E-state index in [9.17, 15) is 0 Å². The first-order chi connectivity index (χ1) is 22.1. The molecule has 0 radical (unpaired) electrons. The Kier molecular flexibility index (Phi) is 11.0. The topological polar surface area (TPSA) is 6.25 Å². The van der Waals surface area contributed by atoms with Crippen molar-refractivity contribution in [3.05, 3.63) is 130 Å². The van der Waals surface area contributed by atoms with Crippen molar-refractivity contribution in [2.75, 3.05) is 18.0 Å². The number of halogens is 2. The summed E-state index contributed by atoms with van der Waals surface area (Å²) in [5.74, 6) is 0. The predicted octanol–water partition coefficient (Wildman–Crippen LogP) is 8.62. The summed E-state index contributed by atoms with van der Waals surface area (Å²) in [5.41, 5.74) is 10.7. The summed E-state index contributed by atoms with van der Waals surface area (Å²) in [6.45, 7) is 16.1. The lowest BCUT2D eigenvalue weighted by molar-refractivity contribution is -0.454. The molecule has 0 saturated heterocycles. The molecule has 2 aliphatic carbocycles. The first-order valence-electron chi connectivity index (χ1n) is 17.6. The molecule has 2 nitrogen and oxygen atoms in total. The molecule has 0 bridgehead atoms. The van der Waals surface area contributed by atoms with Crippen molar-refractivity contribution in [3.8, 4) is 0 Å². The highest BCUT2D eigenvalue weighted by Gasteiger charge is 2.47. The average Bonchev–Trinajstić information content (AvgIpc) is 3.39. The Balaban J connectivity index is 0.00000433. The molecule has 0 amide bonds. The Morgan fingerprint density at radius 3 is 2.32 bits per heavy atom. The quantitative estimate of drug-likeness (QED) is 0.184. The third-order valence-corrected chi connectivity index (χ3v) is 11.3. The normalized spacial score (nSPS) is 24.4. The van der Waals surface area contributed by atoms with Crippen LogP contribution in [-0.2, 0) is 10.8 Å². The van der Waals surface area contributed by atoms with Gasteiger partial charge in [-0.05, 0) is 81.2 Å². The van der Waals surface area contributed by atoms with E-state index < -0.39 is 0 Å². The second-order valence-electron chi connectivity index (χ2n) is 14.8. The fraction of sp³-hybridized carbons (Fsp3) is 0.419. The molecule has 0 N–H and O–H groups in total. The molecule has 2 aromatic carbocycles. The zero-order chi connectivity index (χ0) is 32.5. The maximum absolute atomic E-state index is 7.27. The van der Waals surface area contributed by atoms with E-state index in [-0.39, 0.29) is 40.2 Å². The molecule has 0 saturated carbocycles. The lowest BCUT2D eigenvalue weighted by Crippen LogP contribution is -3.00. The first kappa shape index (κ1) is 35.7. The summed E-state index contributed by atoms with van der Waals surface area (Å²) in [6, 6.07) is 17.9. The van der Waals surface area contributed by atoms with E-state index in [1.165, 1.54) is 57.9 Å². The Labute approximate surface area is 306 Å². The molecule has 4 heteroatoms. The van der Waals surface area contributed by atoms with Gasteiger partial charge in [-0.2, -0.15) is 4.58 Å². The lowest BCUT2D eigenvalue weighted by atomic mass is 9.77. The van der Waals surface area contributed by atoms with E-state index in [1.54, 1.807) is 0 Å². The number of nitrogens with zero attached hydrogens (tertiary/aromatic N) is 2. The molecule has 2 heterocycles. The van der Waals surface area contributed by atoms with Gasteiger partial charge in [0.1, 0.15) is 0 Å². The summed E-state index contributed by atoms with van der Waals surface area (Å²) >= 11 is 7.27. The van der Waals surface area contributed by atoms with Crippen molar-refractivity contribution in [1.82, 2.24) is 0 Å². The molecule has 6 rings (SSSR count). The van der Waals surface area contributed by atoms with Gasteiger partial charge in [0.2, 0.25) is 5.69 Å². The second kappa shape index (κ2) is 14.5. The molecule has 47 heavy (non-hydrogen) atoms. The van der Waals surface area contributed by atoms with Crippen LogP contribution in [0.3, 0.4) is 0 Å². The number of fused-ring (bicyclic) bond motifs is 2. The molecule has 0 aromatic heterocycles. The SMILES string of the molecule is CCCN1C(=CC=C2CCCC(C=CC3=[N+](CC4(CCC)C=CC=CC4)c4ccccc4C3(C)C)=C2Cl)C(C)(C)c2ccccc21.[I-]. The van der Waals surface area contributed by atoms with Crippen molar-refractivity contribution in [1.29, 1.82) is 0 Å². The number of rotatable bonds is 9. The highest BCUT2D eigenvalue weighted by molar-refractivity contribution is 6.32. The van der Waals surface area contributed by atoms with Crippen LogP contribution >= 0.6 is 11.6 Å². The van der Waals surface area contributed by atoms with E-state index >= 15 is 0 Å². The molecular weight excluding hydrogens is 707 g/mol. The zero-order valence-corrected chi connectivity index (χ0v) is 32.2. The van der Waals surface area contributed by atoms with E-state index in [1.807, 2.05) is 0 Å². The molecule has 0 spiro atoms. The number of anilines is 1. The van der Waals surface area contributed by atoms with Crippen molar-refractivity contribution < 1.29 is 28.6 Å². The summed E-state index contributed by atoms with van der Waals surface area (Å²) in [6.07, 6.45) is 26.4. The first-order valence-corrected chi connectivity index (χ1v) is 17.9. The van der Waals surface area contributed by atoms with Gasteiger partial charge in [-0.3, -0.25) is 0 Å². The van der Waals surface area contributed by atoms with Crippen LogP contribution in [0.5, 0.6) is 0 Å². The summed E-state index contributed by atoms with van der Waals surface area (Å²) in [5, 5.41) is 0.929. The van der Waals surface area contributed by atoms with E-state index in [0.29, 0.717) is 0 Å². The van der Waals surface area contributed by atoms with E-state index in [4.69, 9.17) is 11.6 Å². The van der Waals surface area contributed by atoms with Crippen LogP contribution in [0.4, 0.5) is 11.4 Å². The van der Waals surface area contributed by atoms with Gasteiger partial charge in [0.25, 0.3) is 0 Å². The Hall–Kier alpha value is -2.63. The smallest absolute Gasteiger partial charge is 0.209 e. The Morgan fingerprint density at radius 1 is 0.851 bits per heavy atom. The molecular formula is C43H52ClIN2. The minimum absolute atomic E-state index is 0. The van der Waals surface area contributed by atoms with E-state index in [2.05, 4.69) is 148 Å². The lowest BCUT2D eigenvalue weighted by Gasteiger charge is -2.29. The maximum Gasteiger partial charge on any atom is 0.209 e. The monoisotopic (exact) mass is 758 g/mol. The van der Waals surface area contributed by atoms with Crippen molar-refractivity contribution in [2.45, 2.75) is 97.3 Å². The molecule has 0 fully saturated rings. The summed E-state index contributed by atoms with van der Waals surface area (Å²) < 4.78 is 2.62. The van der Waals surface area contributed by atoms with Gasteiger partial charge in [0.15, 0.2) is 12.3 Å². The fourth-order valence-corrected chi connectivity index (χ4v) is 8.70. The minimum atomic E-state index is -0.0920. The van der Waals surface area contributed by atoms with Crippen LogP contribution < -0.4 is 28.9 Å². The Morgan fingerprint density at radius 2 is 1.60 bits per heavy atom. The molecule has 1 atom stereocenters. The number of para-hydroxylation sites is 2. The highest BCUT2D eigenvalue weighted by Crippen LogP contribution is 2.48. The second-order valence-corrected chi connectivity index (χ2v) is 15.2. The average molecular weight is 759 g/mol. The summed E-state index contributed by atoms with van der Waals surface area (Å²) in [7, 11) is 0. The number of benzene rings is 2. The van der Waals surface area contributed by atoms with Crippen LogP contribution in [-0.4, -0.2) is 23.4 Å². The summed E-state index contributed by atoms with van der Waals surface area (Å²) in [4.78, 5) is 2.52. The van der Waals surface area contributed by atoms with Gasteiger partial charge in [0, 0.05) is 46.1 Å². The number of hydrogen-bond donors (Lipinski definition) is 0. The molecule has 248 valence electrons. The van der Waals surface area contributed by atoms with Crippen LogP contribution in [0.25, 0.3) is 0 Å². The highest BCUT2D eigenvalue weighted by atomic mass is 127. The minimum Gasteiger partial charge on any atom is -1.00 e. The number of allylic oxidation sites excluding steroid dienone is 11. The van der Waals surface area contributed by atoms with Crippen molar-refractivity contribution in [2.24, 2.45) is 5.41 Å². The molecule has 4 aliphatic rings. The number of hydrogen-bond acceptors (Lipinski definition) is 1. The molecule has 2 aromatic rings. The van der Waals surface area contributed by atoms with Gasteiger partial charge in [0.05, 0.1) is 10.8 Å². The van der Waals surface area contributed by atoms with Crippen LogP contribution in [0.15, 0.2) is 119 Å². The Bertz CT molecular complexity index is 1710. The van der Waals surface area contributed by atoms with Gasteiger partial charge in [-0.1, -0.05) is 119 Å². The zero-order valence-electron chi connectivity index (χ0n) is 29.3. The maximum atomic E-state index is 7.27. The third kappa shape index (κ3) is 6.69. The predicted molar refractivity (Wildman–Crippen MR) is 199 cm³/mol. The van der Waals surface area contributed by atoms with Gasteiger partial charge in [-0.25, -0.2) is 0 Å². The van der Waals surface area contributed by atoms with Gasteiger partial charge >= 0.3 is 0 Å². The van der Waals surface area contributed by atoms with Crippen molar-refractivity contribution >= 4 is 28.7 Å². The van der Waals surface area contributed by atoms with Gasteiger partial charge < -0.3 is 28.9 Å².